The van der Waals surface area contributed by atoms with E-state index in [1.807, 2.05) is 12.1 Å². The maximum Gasteiger partial charge on any atom is 0.267 e. The Kier molecular flexibility index (Phi) is 5.56. The molecular weight excluding hydrogens is 330 g/mol. The van der Waals surface area contributed by atoms with Crippen LogP contribution in [0.25, 0.3) is 0 Å². The van der Waals surface area contributed by atoms with E-state index in [-0.39, 0.29) is 5.91 Å². The molecule has 1 unspecified atom stereocenters. The van der Waals surface area contributed by atoms with Crippen LogP contribution in [0.1, 0.15) is 36.2 Å². The molecule has 2 aromatic rings. The molecule has 136 valence electrons. The van der Waals surface area contributed by atoms with Crippen LogP contribution in [0, 0.1) is 0 Å². The smallest absolute Gasteiger partial charge is 0.267 e. The van der Waals surface area contributed by atoms with Gasteiger partial charge < -0.3 is 14.4 Å². The molecule has 0 aromatic heterocycles. The van der Waals surface area contributed by atoms with Gasteiger partial charge in [-0.15, -0.1) is 0 Å². The first kappa shape index (κ1) is 18.0. The molecule has 0 saturated heterocycles. The van der Waals surface area contributed by atoms with Crippen LogP contribution in [-0.2, 0) is 11.2 Å². The number of nitrogens with zero attached hydrogens (tertiary/aromatic N) is 1. The highest BCUT2D eigenvalue weighted by Crippen LogP contribution is 2.34. The molecule has 3 rings (SSSR count). The summed E-state index contributed by atoms with van der Waals surface area (Å²) in [6.07, 6.45) is 1.91. The molecule has 0 aliphatic carbocycles. The van der Waals surface area contributed by atoms with Crippen molar-refractivity contribution in [1.82, 2.24) is 0 Å². The Labute approximate surface area is 153 Å². The van der Waals surface area contributed by atoms with E-state index in [4.69, 9.17) is 9.47 Å². The molecule has 0 radical (unpaired) electrons. The maximum atomic E-state index is 12.5. The zero-order chi connectivity index (χ0) is 18.5. The molecule has 1 aliphatic heterocycles. The summed E-state index contributed by atoms with van der Waals surface area (Å²) >= 11 is 0. The average molecular weight is 353 g/mol. The normalized spacial score (nSPS) is 16.0. The van der Waals surface area contributed by atoms with Crippen molar-refractivity contribution < 1.29 is 19.1 Å². The Morgan fingerprint density at radius 1 is 1.19 bits per heavy atom. The molecular formula is C21H23NO4. The standard InChI is InChI=1S/C21H23NO4/c1-3-16-5-8-18(9-6-16)25-12-4-11-22-19-13-17(14-23)7-10-20(19)26-15(2)21(22)24/h5-10,13-15H,3-4,11-12H2,1-2H3. The van der Waals surface area contributed by atoms with Crippen LogP contribution in [0.15, 0.2) is 42.5 Å². The predicted octanol–water partition coefficient (Wildman–Crippen LogP) is 3.64. The largest absolute Gasteiger partial charge is 0.494 e. The number of fused-ring (bicyclic) bond motifs is 1. The van der Waals surface area contributed by atoms with Gasteiger partial charge in [0.1, 0.15) is 17.8 Å². The number of benzene rings is 2. The Morgan fingerprint density at radius 3 is 2.65 bits per heavy atom. The van der Waals surface area contributed by atoms with Gasteiger partial charge in [-0.3, -0.25) is 9.59 Å². The van der Waals surface area contributed by atoms with Crippen molar-refractivity contribution in [1.29, 1.82) is 0 Å². The summed E-state index contributed by atoms with van der Waals surface area (Å²) in [6, 6.07) is 13.2. The fourth-order valence-electron chi connectivity index (χ4n) is 2.96. The molecule has 0 fully saturated rings. The fraction of sp³-hybridized carbons (Fsp3) is 0.333. The van der Waals surface area contributed by atoms with Crippen LogP contribution < -0.4 is 14.4 Å². The van der Waals surface area contributed by atoms with E-state index in [1.54, 1.807) is 30.0 Å². The second kappa shape index (κ2) is 8.04. The highest BCUT2D eigenvalue weighted by atomic mass is 16.5. The highest BCUT2D eigenvalue weighted by Gasteiger charge is 2.31. The van der Waals surface area contributed by atoms with Gasteiger partial charge in [-0.05, 0) is 55.7 Å². The second-order valence-electron chi connectivity index (χ2n) is 6.29. The van der Waals surface area contributed by atoms with E-state index in [0.717, 1.165) is 18.5 Å². The SMILES string of the molecule is CCc1ccc(OCCCN2C(=O)C(C)Oc3ccc(C=O)cc32)cc1. The number of carbonyl (C=O) groups excluding carboxylic acids is 2. The van der Waals surface area contributed by atoms with Gasteiger partial charge in [0.25, 0.3) is 5.91 Å². The van der Waals surface area contributed by atoms with Crippen molar-refractivity contribution in [3.8, 4) is 11.5 Å². The van der Waals surface area contributed by atoms with Gasteiger partial charge in [0.05, 0.1) is 12.3 Å². The number of carbonyl (C=O) groups is 2. The Hall–Kier alpha value is -2.82. The van der Waals surface area contributed by atoms with E-state index >= 15 is 0 Å². The molecule has 0 N–H and O–H groups in total. The van der Waals surface area contributed by atoms with Gasteiger partial charge in [0.15, 0.2) is 6.10 Å². The first-order valence-electron chi connectivity index (χ1n) is 8.91. The van der Waals surface area contributed by atoms with Gasteiger partial charge in [0.2, 0.25) is 0 Å². The van der Waals surface area contributed by atoms with Gasteiger partial charge in [-0.2, -0.15) is 0 Å². The summed E-state index contributed by atoms with van der Waals surface area (Å²) in [7, 11) is 0. The van der Waals surface area contributed by atoms with Gasteiger partial charge in [-0.25, -0.2) is 0 Å². The third kappa shape index (κ3) is 3.87. The quantitative estimate of drug-likeness (QED) is 0.563. The van der Waals surface area contributed by atoms with Crippen LogP contribution in [0.5, 0.6) is 11.5 Å². The topological polar surface area (TPSA) is 55.8 Å². The third-order valence-electron chi connectivity index (χ3n) is 4.45. The van der Waals surface area contributed by atoms with Crippen LogP contribution in [0.3, 0.4) is 0 Å². The van der Waals surface area contributed by atoms with Gasteiger partial charge in [-0.1, -0.05) is 19.1 Å². The van der Waals surface area contributed by atoms with E-state index in [9.17, 15) is 9.59 Å². The minimum atomic E-state index is -0.535. The minimum Gasteiger partial charge on any atom is -0.494 e. The molecule has 0 spiro atoms. The number of ether oxygens (including phenoxy) is 2. The molecule has 1 aliphatic rings. The van der Waals surface area contributed by atoms with Crippen molar-refractivity contribution >= 4 is 17.9 Å². The molecule has 0 bridgehead atoms. The Balaban J connectivity index is 1.63. The molecule has 0 saturated carbocycles. The minimum absolute atomic E-state index is 0.104. The lowest BCUT2D eigenvalue weighted by atomic mass is 10.1. The lowest BCUT2D eigenvalue weighted by Gasteiger charge is -2.33. The molecule has 5 heteroatoms. The van der Waals surface area contributed by atoms with E-state index in [2.05, 4.69) is 19.1 Å². The van der Waals surface area contributed by atoms with Crippen LogP contribution >= 0.6 is 0 Å². The Morgan fingerprint density at radius 2 is 1.96 bits per heavy atom. The van der Waals surface area contributed by atoms with E-state index < -0.39 is 6.10 Å². The predicted molar refractivity (Wildman–Crippen MR) is 100 cm³/mol. The number of aldehydes is 1. The van der Waals surface area contributed by atoms with Crippen molar-refractivity contribution in [3.05, 3.63) is 53.6 Å². The van der Waals surface area contributed by atoms with Crippen molar-refractivity contribution in [3.63, 3.8) is 0 Å². The summed E-state index contributed by atoms with van der Waals surface area (Å²) in [4.78, 5) is 25.2. The van der Waals surface area contributed by atoms with Crippen LogP contribution in [0.2, 0.25) is 0 Å². The fourth-order valence-corrected chi connectivity index (χ4v) is 2.96. The number of hydrogen-bond acceptors (Lipinski definition) is 4. The zero-order valence-electron chi connectivity index (χ0n) is 15.1. The second-order valence-corrected chi connectivity index (χ2v) is 6.29. The molecule has 26 heavy (non-hydrogen) atoms. The van der Waals surface area contributed by atoms with E-state index in [0.29, 0.717) is 36.6 Å². The van der Waals surface area contributed by atoms with Crippen molar-refractivity contribution in [2.75, 3.05) is 18.1 Å². The lowest BCUT2D eigenvalue weighted by molar-refractivity contribution is -0.125. The summed E-state index contributed by atoms with van der Waals surface area (Å²) < 4.78 is 11.4. The molecule has 5 nitrogen and oxygen atoms in total. The Bertz CT molecular complexity index is 785. The first-order chi connectivity index (χ1) is 12.6. The summed E-state index contributed by atoms with van der Waals surface area (Å²) in [5, 5.41) is 0. The third-order valence-corrected chi connectivity index (χ3v) is 4.45. The number of aryl methyl sites for hydroxylation is 1. The average Bonchev–Trinajstić information content (AvgIpc) is 2.68. The van der Waals surface area contributed by atoms with Crippen molar-refractivity contribution in [2.24, 2.45) is 0 Å². The summed E-state index contributed by atoms with van der Waals surface area (Å²) in [5.41, 5.74) is 2.44. The van der Waals surface area contributed by atoms with Crippen molar-refractivity contribution in [2.45, 2.75) is 32.8 Å². The van der Waals surface area contributed by atoms with E-state index in [1.165, 1.54) is 5.56 Å². The lowest BCUT2D eigenvalue weighted by Crippen LogP contribution is -2.45. The molecule has 1 atom stereocenters. The summed E-state index contributed by atoms with van der Waals surface area (Å²) in [5.74, 6) is 1.35. The summed E-state index contributed by atoms with van der Waals surface area (Å²) in [6.45, 7) is 4.86. The van der Waals surface area contributed by atoms with Crippen LogP contribution in [-0.4, -0.2) is 31.4 Å². The van der Waals surface area contributed by atoms with Gasteiger partial charge >= 0.3 is 0 Å². The zero-order valence-corrected chi connectivity index (χ0v) is 15.1. The number of rotatable bonds is 7. The highest BCUT2D eigenvalue weighted by molar-refractivity contribution is 6.00. The molecule has 2 aromatic carbocycles. The van der Waals surface area contributed by atoms with Gasteiger partial charge in [0, 0.05) is 12.1 Å². The maximum absolute atomic E-state index is 12.5. The molecule has 1 heterocycles. The molecule has 1 amide bonds. The number of hydrogen-bond donors (Lipinski definition) is 0. The monoisotopic (exact) mass is 353 g/mol. The van der Waals surface area contributed by atoms with Crippen LogP contribution in [0.4, 0.5) is 5.69 Å². The number of amides is 1. The first-order valence-corrected chi connectivity index (χ1v) is 8.91. The number of anilines is 1.